The number of hydrogen-bond acceptors (Lipinski definition) is 5. The lowest BCUT2D eigenvalue weighted by atomic mass is 9.99. The summed E-state index contributed by atoms with van der Waals surface area (Å²) in [4.78, 5) is 13.6. The van der Waals surface area contributed by atoms with Crippen LogP contribution in [0.25, 0.3) is 0 Å². The smallest absolute Gasteiger partial charge is 0.265 e. The normalized spacial score (nSPS) is 13.7. The van der Waals surface area contributed by atoms with Crippen LogP contribution in [0.4, 0.5) is 10.1 Å². The highest BCUT2D eigenvalue weighted by Gasteiger charge is 2.20. The number of carbonyl (C=O) groups is 1. The molecule has 1 aromatic heterocycles. The maximum atomic E-state index is 14.6. The highest BCUT2D eigenvalue weighted by Crippen LogP contribution is 2.27. The Morgan fingerprint density at radius 3 is 2.81 bits per heavy atom. The molecule has 0 bridgehead atoms. The highest BCUT2D eigenvalue weighted by molar-refractivity contribution is 7.89. The molecule has 0 unspecified atom stereocenters. The zero-order valence-corrected chi connectivity index (χ0v) is 16.8. The van der Waals surface area contributed by atoms with E-state index in [1.54, 1.807) is 19.1 Å². The number of amides is 1. The third-order valence-electron chi connectivity index (χ3n) is 4.12. The molecule has 1 aliphatic rings. The third kappa shape index (κ3) is 4.62. The van der Waals surface area contributed by atoms with E-state index in [4.69, 9.17) is 0 Å². The van der Waals surface area contributed by atoms with Gasteiger partial charge in [-0.15, -0.1) is 23.7 Å². The fraction of sp³-hybridized carbons (Fsp3) is 0.353. The minimum absolute atomic E-state index is 0. The summed E-state index contributed by atoms with van der Waals surface area (Å²) in [5, 5.41) is 5.79. The van der Waals surface area contributed by atoms with Gasteiger partial charge in [0.25, 0.3) is 5.91 Å². The molecule has 2 aromatic rings. The molecule has 3 rings (SSSR count). The van der Waals surface area contributed by atoms with Crippen molar-refractivity contribution in [3.63, 3.8) is 0 Å². The summed E-state index contributed by atoms with van der Waals surface area (Å²) in [6, 6.07) is 4.95. The van der Waals surface area contributed by atoms with Crippen molar-refractivity contribution in [2.45, 2.75) is 25.6 Å². The first kappa shape index (κ1) is 20.8. The van der Waals surface area contributed by atoms with Crippen LogP contribution < -0.4 is 10.6 Å². The molecule has 0 fully saturated rings. The number of sulfone groups is 1. The second kappa shape index (κ2) is 8.04. The van der Waals surface area contributed by atoms with Gasteiger partial charge in [-0.1, -0.05) is 6.07 Å². The number of benzene rings is 1. The quantitative estimate of drug-likeness (QED) is 0.800. The molecule has 2 N–H and O–H groups in total. The first-order valence-electron chi connectivity index (χ1n) is 7.84. The van der Waals surface area contributed by atoms with Crippen LogP contribution in [0.2, 0.25) is 0 Å². The summed E-state index contributed by atoms with van der Waals surface area (Å²) in [5.74, 6) is -0.930. The Morgan fingerprint density at radius 2 is 2.12 bits per heavy atom. The van der Waals surface area contributed by atoms with Crippen LogP contribution in [0.15, 0.2) is 18.2 Å². The van der Waals surface area contributed by atoms with Gasteiger partial charge in [-0.3, -0.25) is 4.79 Å². The van der Waals surface area contributed by atoms with E-state index in [9.17, 15) is 17.6 Å². The molecule has 1 amide bonds. The number of anilines is 1. The third-order valence-corrected chi connectivity index (χ3v) is 6.04. The molecule has 0 saturated carbocycles. The minimum Gasteiger partial charge on any atom is -0.319 e. The lowest BCUT2D eigenvalue weighted by molar-refractivity contribution is 0.103. The van der Waals surface area contributed by atoms with E-state index in [1.807, 2.05) is 6.07 Å². The van der Waals surface area contributed by atoms with Crippen molar-refractivity contribution in [1.82, 2.24) is 5.32 Å². The molecular weight excluding hydrogens is 399 g/mol. The summed E-state index contributed by atoms with van der Waals surface area (Å²) in [5.41, 5.74) is 2.30. The number of thiophene rings is 1. The number of nitrogens with one attached hydrogen (secondary N) is 2. The van der Waals surface area contributed by atoms with Gasteiger partial charge >= 0.3 is 0 Å². The average Bonchev–Trinajstić information content (AvgIpc) is 2.89. The zero-order chi connectivity index (χ0) is 18.2. The van der Waals surface area contributed by atoms with Gasteiger partial charge in [-0.05, 0) is 48.7 Å². The number of rotatable bonds is 4. The molecule has 0 atom stereocenters. The van der Waals surface area contributed by atoms with E-state index >= 15 is 0 Å². The van der Waals surface area contributed by atoms with Crippen molar-refractivity contribution in [2.24, 2.45) is 0 Å². The monoisotopic (exact) mass is 418 g/mol. The zero-order valence-electron chi connectivity index (χ0n) is 14.4. The van der Waals surface area contributed by atoms with Crippen LogP contribution in [0.1, 0.15) is 31.2 Å². The van der Waals surface area contributed by atoms with Gasteiger partial charge in [0.05, 0.1) is 16.3 Å². The van der Waals surface area contributed by atoms with E-state index in [1.165, 1.54) is 11.3 Å². The fourth-order valence-corrected chi connectivity index (χ4v) is 4.76. The molecule has 5 nitrogen and oxygen atoms in total. The molecule has 2 heterocycles. The predicted octanol–water partition coefficient (Wildman–Crippen LogP) is 3.06. The van der Waals surface area contributed by atoms with Crippen molar-refractivity contribution in [2.75, 3.05) is 18.1 Å². The maximum Gasteiger partial charge on any atom is 0.265 e. The highest BCUT2D eigenvalue weighted by atomic mass is 35.5. The first-order chi connectivity index (χ1) is 11.7. The second-order valence-electron chi connectivity index (χ2n) is 6.21. The number of aryl methyl sites for hydroxylation is 1. The number of halogens is 2. The largest absolute Gasteiger partial charge is 0.319 e. The molecular formula is C17H20ClFN2O3S2. The van der Waals surface area contributed by atoms with Gasteiger partial charge in [-0.25, -0.2) is 12.8 Å². The van der Waals surface area contributed by atoms with Crippen LogP contribution in [0, 0.1) is 12.7 Å². The maximum absolute atomic E-state index is 14.6. The van der Waals surface area contributed by atoms with Crippen LogP contribution in [0.3, 0.4) is 0 Å². The molecule has 9 heteroatoms. The van der Waals surface area contributed by atoms with E-state index < -0.39 is 21.6 Å². The second-order valence-corrected chi connectivity index (χ2v) is 9.60. The van der Waals surface area contributed by atoms with Crippen LogP contribution in [-0.2, 0) is 28.6 Å². The topological polar surface area (TPSA) is 75.3 Å². The Hall–Kier alpha value is -1.48. The fourth-order valence-electron chi connectivity index (χ4n) is 2.87. The summed E-state index contributed by atoms with van der Waals surface area (Å²) in [6.45, 7) is 3.11. The Kier molecular flexibility index (Phi) is 6.44. The molecule has 0 saturated heterocycles. The van der Waals surface area contributed by atoms with Crippen molar-refractivity contribution in [3.8, 4) is 0 Å². The Morgan fingerprint density at radius 1 is 1.38 bits per heavy atom. The Bertz CT molecular complexity index is 942. The summed E-state index contributed by atoms with van der Waals surface area (Å²) in [6.07, 6.45) is 1.74. The van der Waals surface area contributed by atoms with Gasteiger partial charge < -0.3 is 10.6 Å². The van der Waals surface area contributed by atoms with Crippen LogP contribution in [-0.4, -0.2) is 27.1 Å². The van der Waals surface area contributed by atoms with Crippen molar-refractivity contribution < 1.29 is 17.6 Å². The summed E-state index contributed by atoms with van der Waals surface area (Å²) < 4.78 is 37.5. The van der Waals surface area contributed by atoms with Crippen LogP contribution >= 0.6 is 23.7 Å². The molecule has 1 aromatic carbocycles. The lowest BCUT2D eigenvalue weighted by Crippen LogP contribution is -2.25. The van der Waals surface area contributed by atoms with Crippen LogP contribution in [0.5, 0.6) is 0 Å². The van der Waals surface area contributed by atoms with E-state index in [2.05, 4.69) is 10.6 Å². The predicted molar refractivity (Wildman–Crippen MR) is 105 cm³/mol. The number of fused-ring (bicyclic) bond motifs is 1. The molecule has 26 heavy (non-hydrogen) atoms. The van der Waals surface area contributed by atoms with Crippen molar-refractivity contribution >= 4 is 45.2 Å². The number of carbonyl (C=O) groups excluding carboxylic acids is 1. The molecule has 1 aliphatic heterocycles. The van der Waals surface area contributed by atoms with E-state index in [-0.39, 0.29) is 23.8 Å². The number of hydrogen-bond donors (Lipinski definition) is 2. The lowest BCUT2D eigenvalue weighted by Gasteiger charge is -2.19. The SMILES string of the molecule is Cc1sc(C(=O)Nc2ccc3c(c2F)CCNC3)cc1CS(C)(=O)=O.Cl. The van der Waals surface area contributed by atoms with Gasteiger partial charge in [0.15, 0.2) is 9.84 Å². The summed E-state index contributed by atoms with van der Waals surface area (Å²) >= 11 is 1.21. The Labute approximate surface area is 162 Å². The van der Waals surface area contributed by atoms with Gasteiger partial charge in [-0.2, -0.15) is 0 Å². The first-order valence-corrected chi connectivity index (χ1v) is 10.7. The van der Waals surface area contributed by atoms with Crippen molar-refractivity contribution in [3.05, 3.63) is 50.5 Å². The summed E-state index contributed by atoms with van der Waals surface area (Å²) in [7, 11) is -3.18. The Balaban J connectivity index is 0.00000243. The molecule has 0 radical (unpaired) electrons. The van der Waals surface area contributed by atoms with Gasteiger partial charge in [0, 0.05) is 17.7 Å². The molecule has 0 aliphatic carbocycles. The van der Waals surface area contributed by atoms with E-state index in [0.717, 1.165) is 16.7 Å². The molecule has 142 valence electrons. The van der Waals surface area contributed by atoms with Crippen molar-refractivity contribution in [1.29, 1.82) is 0 Å². The average molecular weight is 419 g/mol. The minimum atomic E-state index is -3.18. The standard InChI is InChI=1S/C17H19FN2O3S2.ClH/c1-10-12(9-25(2,22)23)7-15(24-10)17(21)20-14-4-3-11-8-19-6-5-13(11)16(14)18;/h3-4,7,19H,5-6,8-9H2,1-2H3,(H,20,21);1H. The van der Waals surface area contributed by atoms with Gasteiger partial charge in [0.1, 0.15) is 5.82 Å². The molecule has 0 spiro atoms. The van der Waals surface area contributed by atoms with Gasteiger partial charge in [0.2, 0.25) is 0 Å². The van der Waals surface area contributed by atoms with E-state index in [0.29, 0.717) is 35.5 Å².